The summed E-state index contributed by atoms with van der Waals surface area (Å²) in [5.41, 5.74) is 0.0788. The third kappa shape index (κ3) is 4.65. The number of aromatic nitrogens is 3. The quantitative estimate of drug-likeness (QED) is 0.650. The molecular formula is C20H20ClN3O3. The van der Waals surface area contributed by atoms with Crippen molar-refractivity contribution in [1.29, 1.82) is 0 Å². The first-order chi connectivity index (χ1) is 12.8. The van der Waals surface area contributed by atoms with Crippen molar-refractivity contribution in [1.82, 2.24) is 14.8 Å². The van der Waals surface area contributed by atoms with Gasteiger partial charge in [0, 0.05) is 6.20 Å². The van der Waals surface area contributed by atoms with Crippen LogP contribution in [-0.2, 0) is 12.1 Å². The Morgan fingerprint density at radius 2 is 1.81 bits per heavy atom. The molecule has 0 saturated carbocycles. The monoisotopic (exact) mass is 385 g/mol. The van der Waals surface area contributed by atoms with Gasteiger partial charge in [0.15, 0.2) is 10.8 Å². The van der Waals surface area contributed by atoms with Crippen LogP contribution < -0.4 is 15.0 Å². The van der Waals surface area contributed by atoms with E-state index in [4.69, 9.17) is 21.1 Å². The third-order valence-electron chi connectivity index (χ3n) is 3.71. The second-order valence-corrected chi connectivity index (χ2v) is 7.31. The van der Waals surface area contributed by atoms with E-state index in [1.165, 1.54) is 10.9 Å². The lowest BCUT2D eigenvalue weighted by Gasteiger charge is -2.21. The highest BCUT2D eigenvalue weighted by molar-refractivity contribution is 6.31. The molecule has 6 nitrogen and oxygen atoms in total. The van der Waals surface area contributed by atoms with Crippen molar-refractivity contribution in [3.05, 3.63) is 75.9 Å². The largest absolute Gasteiger partial charge is 0.485 e. The van der Waals surface area contributed by atoms with Crippen LogP contribution in [0.25, 0.3) is 0 Å². The van der Waals surface area contributed by atoms with E-state index in [1.54, 1.807) is 12.4 Å². The Kier molecular flexibility index (Phi) is 5.46. The van der Waals surface area contributed by atoms with Crippen molar-refractivity contribution < 1.29 is 9.47 Å². The normalized spacial score (nSPS) is 11.3. The van der Waals surface area contributed by atoms with E-state index in [0.717, 1.165) is 5.56 Å². The number of nitrogens with zero attached hydrogens (tertiary/aromatic N) is 3. The predicted octanol–water partition coefficient (Wildman–Crippen LogP) is 4.42. The second kappa shape index (κ2) is 7.80. The fraction of sp³-hybridized carbons (Fsp3) is 0.250. The van der Waals surface area contributed by atoms with Gasteiger partial charge in [-0.25, -0.2) is 4.68 Å². The summed E-state index contributed by atoms with van der Waals surface area (Å²) in [5.74, 6) is 1.62. The molecule has 2 aromatic heterocycles. The Balaban J connectivity index is 1.67. The smallest absolute Gasteiger partial charge is 0.289 e. The molecule has 7 heteroatoms. The maximum Gasteiger partial charge on any atom is 0.289 e. The number of ether oxygens (including phenoxy) is 2. The molecule has 27 heavy (non-hydrogen) atoms. The van der Waals surface area contributed by atoms with E-state index in [0.29, 0.717) is 11.5 Å². The van der Waals surface area contributed by atoms with Crippen LogP contribution in [0.3, 0.4) is 0 Å². The zero-order chi connectivity index (χ0) is 19.4. The van der Waals surface area contributed by atoms with Gasteiger partial charge in [0.1, 0.15) is 18.1 Å². The molecule has 1 aromatic carbocycles. The Bertz CT molecular complexity index is 965. The highest BCUT2D eigenvalue weighted by Crippen LogP contribution is 2.23. The van der Waals surface area contributed by atoms with Crippen LogP contribution in [0.5, 0.6) is 17.2 Å². The Morgan fingerprint density at radius 1 is 1.07 bits per heavy atom. The molecule has 3 rings (SSSR count). The number of hydrogen-bond donors (Lipinski definition) is 0. The SMILES string of the molecule is CC(C)(C)n1ncc(OCc2ccc(Oc3cccnc3)cc2)c(Cl)c1=O. The van der Waals surface area contributed by atoms with E-state index in [2.05, 4.69) is 10.1 Å². The average molecular weight is 386 g/mol. The van der Waals surface area contributed by atoms with Crippen molar-refractivity contribution in [2.45, 2.75) is 32.9 Å². The zero-order valence-corrected chi connectivity index (χ0v) is 16.1. The Hall–Kier alpha value is -2.86. The van der Waals surface area contributed by atoms with Crippen molar-refractivity contribution in [3.63, 3.8) is 0 Å². The summed E-state index contributed by atoms with van der Waals surface area (Å²) >= 11 is 6.16. The zero-order valence-electron chi connectivity index (χ0n) is 15.3. The molecule has 0 radical (unpaired) electrons. The molecule has 0 amide bonds. The van der Waals surface area contributed by atoms with Gasteiger partial charge in [0.2, 0.25) is 0 Å². The molecule has 0 aliphatic heterocycles. The molecule has 0 bridgehead atoms. The van der Waals surface area contributed by atoms with Crippen LogP contribution in [0.2, 0.25) is 5.02 Å². The summed E-state index contributed by atoms with van der Waals surface area (Å²) in [6, 6.07) is 11.1. The van der Waals surface area contributed by atoms with E-state index < -0.39 is 5.54 Å². The summed E-state index contributed by atoms with van der Waals surface area (Å²) in [6.45, 7) is 5.90. The van der Waals surface area contributed by atoms with Crippen LogP contribution >= 0.6 is 11.6 Å². The number of pyridine rings is 1. The predicted molar refractivity (Wildman–Crippen MR) is 104 cm³/mol. The molecular weight excluding hydrogens is 366 g/mol. The van der Waals surface area contributed by atoms with Gasteiger partial charge in [0.25, 0.3) is 5.56 Å². The molecule has 3 aromatic rings. The van der Waals surface area contributed by atoms with Crippen LogP contribution in [-0.4, -0.2) is 14.8 Å². The third-order valence-corrected chi connectivity index (χ3v) is 4.06. The number of hydrogen-bond acceptors (Lipinski definition) is 5. The van der Waals surface area contributed by atoms with Crippen molar-refractivity contribution in [2.75, 3.05) is 0 Å². The Labute approximate surface area is 162 Å². The number of benzene rings is 1. The molecule has 0 aliphatic rings. The van der Waals surface area contributed by atoms with Crippen LogP contribution in [0.15, 0.2) is 59.8 Å². The lowest BCUT2D eigenvalue weighted by Crippen LogP contribution is -2.36. The van der Waals surface area contributed by atoms with Gasteiger partial charge in [-0.2, -0.15) is 5.10 Å². The first-order valence-corrected chi connectivity index (χ1v) is 8.80. The lowest BCUT2D eigenvalue weighted by atomic mass is 10.1. The summed E-state index contributed by atoms with van der Waals surface area (Å²) in [6.07, 6.45) is 4.80. The van der Waals surface area contributed by atoms with Crippen molar-refractivity contribution in [3.8, 4) is 17.2 Å². The Morgan fingerprint density at radius 3 is 2.44 bits per heavy atom. The second-order valence-electron chi connectivity index (χ2n) is 6.93. The minimum Gasteiger partial charge on any atom is -0.485 e. The molecule has 0 atom stereocenters. The summed E-state index contributed by atoms with van der Waals surface area (Å²) in [4.78, 5) is 16.3. The minimum atomic E-state index is -0.455. The first kappa shape index (κ1) is 18.9. The van der Waals surface area contributed by atoms with Gasteiger partial charge < -0.3 is 9.47 Å². The molecule has 0 fully saturated rings. The van der Waals surface area contributed by atoms with E-state index >= 15 is 0 Å². The fourth-order valence-corrected chi connectivity index (χ4v) is 2.54. The van der Waals surface area contributed by atoms with E-state index in [9.17, 15) is 4.79 Å². The molecule has 0 N–H and O–H groups in total. The van der Waals surface area contributed by atoms with Gasteiger partial charge in [-0.3, -0.25) is 9.78 Å². The van der Waals surface area contributed by atoms with E-state index in [-0.39, 0.29) is 22.9 Å². The maximum absolute atomic E-state index is 12.3. The molecule has 0 unspecified atom stereocenters. The van der Waals surface area contributed by atoms with Crippen LogP contribution in [0, 0.1) is 0 Å². The summed E-state index contributed by atoms with van der Waals surface area (Å²) < 4.78 is 12.7. The van der Waals surface area contributed by atoms with Gasteiger partial charge in [0.05, 0.1) is 17.9 Å². The van der Waals surface area contributed by atoms with Gasteiger partial charge in [-0.05, 0) is 50.6 Å². The molecule has 140 valence electrons. The van der Waals surface area contributed by atoms with Crippen LogP contribution in [0.4, 0.5) is 0 Å². The lowest BCUT2D eigenvalue weighted by molar-refractivity contribution is 0.292. The van der Waals surface area contributed by atoms with Crippen molar-refractivity contribution in [2.24, 2.45) is 0 Å². The van der Waals surface area contributed by atoms with Gasteiger partial charge in [-0.1, -0.05) is 23.7 Å². The number of halogens is 1. The molecule has 0 saturated heterocycles. The van der Waals surface area contributed by atoms with E-state index in [1.807, 2.05) is 57.2 Å². The number of rotatable bonds is 5. The van der Waals surface area contributed by atoms with Crippen molar-refractivity contribution >= 4 is 11.6 Å². The average Bonchev–Trinajstić information content (AvgIpc) is 2.64. The summed E-state index contributed by atoms with van der Waals surface area (Å²) in [5, 5.41) is 4.18. The van der Waals surface area contributed by atoms with Gasteiger partial charge in [-0.15, -0.1) is 0 Å². The van der Waals surface area contributed by atoms with Crippen LogP contribution in [0.1, 0.15) is 26.3 Å². The maximum atomic E-state index is 12.3. The molecule has 0 aliphatic carbocycles. The topological polar surface area (TPSA) is 66.2 Å². The molecule has 0 spiro atoms. The standard InChI is InChI=1S/C20H20ClN3O3/c1-20(2,3)24-19(25)18(21)17(12-23-24)26-13-14-6-8-15(9-7-14)27-16-5-4-10-22-11-16/h4-12H,13H2,1-3H3. The minimum absolute atomic E-state index is 0.0245. The summed E-state index contributed by atoms with van der Waals surface area (Å²) in [7, 11) is 0. The highest BCUT2D eigenvalue weighted by Gasteiger charge is 2.19. The molecule has 2 heterocycles. The first-order valence-electron chi connectivity index (χ1n) is 8.42. The van der Waals surface area contributed by atoms with Gasteiger partial charge >= 0.3 is 0 Å². The fourth-order valence-electron chi connectivity index (χ4n) is 2.35. The highest BCUT2D eigenvalue weighted by atomic mass is 35.5.